The maximum atomic E-state index is 12.7. The van der Waals surface area contributed by atoms with E-state index < -0.39 is 26.9 Å². The Morgan fingerprint density at radius 2 is 1.87 bits per heavy atom. The third-order valence-electron chi connectivity index (χ3n) is 3.43. The standard InChI is InChI=1S/C15H15N9O5S/c1-8-18-13(22-15(19-8)29-2)21-14(26)24-30(27,28)10-6-4-3-5-9(10)11(25)20-12-16-7-17-23-12/h3-7H,1-2H3,(H2,16,17,20,23,25)(H2,18,19,21,22,24,26). The average Bonchev–Trinajstić information content (AvgIpc) is 3.20. The summed E-state index contributed by atoms with van der Waals surface area (Å²) >= 11 is 0. The summed E-state index contributed by atoms with van der Waals surface area (Å²) in [5, 5.41) is 10.5. The Morgan fingerprint density at radius 1 is 1.10 bits per heavy atom. The summed E-state index contributed by atoms with van der Waals surface area (Å²) in [7, 11) is -3.11. The van der Waals surface area contributed by atoms with Crippen molar-refractivity contribution in [3.8, 4) is 6.01 Å². The minimum absolute atomic E-state index is 0.0251. The summed E-state index contributed by atoms with van der Waals surface area (Å²) in [6.07, 6.45) is 1.17. The monoisotopic (exact) mass is 433 g/mol. The highest BCUT2D eigenvalue weighted by molar-refractivity contribution is 7.90. The number of carbonyl (C=O) groups excluding carboxylic acids is 2. The van der Waals surface area contributed by atoms with E-state index in [0.717, 1.165) is 0 Å². The highest BCUT2D eigenvalue weighted by atomic mass is 32.2. The molecule has 0 saturated heterocycles. The Bertz CT molecular complexity index is 1180. The molecular formula is C15H15N9O5S. The number of aromatic amines is 1. The second-order valence-corrected chi connectivity index (χ2v) is 7.19. The van der Waals surface area contributed by atoms with Gasteiger partial charge in [-0.1, -0.05) is 12.1 Å². The van der Waals surface area contributed by atoms with Crippen LogP contribution in [0.4, 0.5) is 16.7 Å². The summed E-state index contributed by atoms with van der Waals surface area (Å²) < 4.78 is 32.0. The van der Waals surface area contributed by atoms with Crippen molar-refractivity contribution >= 4 is 33.9 Å². The number of H-pyrrole nitrogens is 1. The Hall–Kier alpha value is -4.14. The third kappa shape index (κ3) is 4.82. The summed E-state index contributed by atoms with van der Waals surface area (Å²) in [5.74, 6) is -0.721. The normalized spacial score (nSPS) is 10.9. The lowest BCUT2D eigenvalue weighted by atomic mass is 10.2. The third-order valence-corrected chi connectivity index (χ3v) is 4.82. The van der Waals surface area contributed by atoms with Gasteiger partial charge in [0.15, 0.2) is 0 Å². The molecule has 3 amide bonds. The average molecular weight is 433 g/mol. The van der Waals surface area contributed by atoms with E-state index in [1.165, 1.54) is 44.6 Å². The minimum atomic E-state index is -4.43. The van der Waals surface area contributed by atoms with Gasteiger partial charge in [0.2, 0.25) is 11.9 Å². The number of sulfonamides is 1. The number of nitrogens with one attached hydrogen (secondary N) is 4. The van der Waals surface area contributed by atoms with Gasteiger partial charge in [-0.25, -0.2) is 23.0 Å². The van der Waals surface area contributed by atoms with Gasteiger partial charge in [0.05, 0.1) is 12.7 Å². The van der Waals surface area contributed by atoms with E-state index >= 15 is 0 Å². The van der Waals surface area contributed by atoms with Crippen LogP contribution in [0.15, 0.2) is 35.5 Å². The number of nitrogens with zero attached hydrogens (tertiary/aromatic N) is 5. The molecule has 14 nitrogen and oxygen atoms in total. The second-order valence-electron chi connectivity index (χ2n) is 5.54. The Balaban J connectivity index is 1.79. The van der Waals surface area contributed by atoms with Crippen LogP contribution in [-0.4, -0.2) is 57.6 Å². The first-order valence-electron chi connectivity index (χ1n) is 8.14. The number of ether oxygens (including phenoxy) is 1. The fourth-order valence-electron chi connectivity index (χ4n) is 2.24. The molecule has 30 heavy (non-hydrogen) atoms. The maximum Gasteiger partial charge on any atom is 0.335 e. The maximum absolute atomic E-state index is 12.7. The van der Waals surface area contributed by atoms with Crippen molar-refractivity contribution in [1.82, 2.24) is 34.9 Å². The SMILES string of the molecule is COc1nc(C)nc(NC(=O)NS(=O)(=O)c2ccccc2C(=O)Nc2ncn[nH]2)n1. The minimum Gasteiger partial charge on any atom is -0.467 e. The predicted octanol–water partition coefficient (Wildman–Crippen LogP) is 0.0694. The molecule has 0 bridgehead atoms. The van der Waals surface area contributed by atoms with Crippen molar-refractivity contribution in [2.45, 2.75) is 11.8 Å². The van der Waals surface area contributed by atoms with Gasteiger partial charge in [-0.05, 0) is 19.1 Å². The van der Waals surface area contributed by atoms with E-state index in [0.29, 0.717) is 0 Å². The Morgan fingerprint density at radius 3 is 2.57 bits per heavy atom. The van der Waals surface area contributed by atoms with E-state index in [4.69, 9.17) is 4.74 Å². The van der Waals surface area contributed by atoms with E-state index in [-0.39, 0.29) is 29.3 Å². The number of carbonyl (C=O) groups is 2. The smallest absolute Gasteiger partial charge is 0.335 e. The topological polar surface area (TPSA) is 194 Å². The molecule has 156 valence electrons. The summed E-state index contributed by atoms with van der Waals surface area (Å²) in [4.78, 5) is 39.4. The van der Waals surface area contributed by atoms with Crippen LogP contribution in [0.1, 0.15) is 16.2 Å². The van der Waals surface area contributed by atoms with Crippen molar-refractivity contribution in [2.24, 2.45) is 0 Å². The zero-order valence-electron chi connectivity index (χ0n) is 15.6. The fourth-order valence-corrected chi connectivity index (χ4v) is 3.35. The number of hydrogen-bond acceptors (Lipinski definition) is 10. The molecule has 2 heterocycles. The van der Waals surface area contributed by atoms with Crippen molar-refractivity contribution in [3.05, 3.63) is 42.0 Å². The number of benzene rings is 1. The molecule has 0 aliphatic rings. The first-order valence-corrected chi connectivity index (χ1v) is 9.63. The van der Waals surface area contributed by atoms with Crippen LogP contribution in [0, 0.1) is 6.92 Å². The summed E-state index contributed by atoms with van der Waals surface area (Å²) in [5.41, 5.74) is -0.216. The van der Waals surface area contributed by atoms with E-state index in [2.05, 4.69) is 40.8 Å². The van der Waals surface area contributed by atoms with Crippen LogP contribution in [0.2, 0.25) is 0 Å². The van der Waals surface area contributed by atoms with Crippen molar-refractivity contribution in [3.63, 3.8) is 0 Å². The highest BCUT2D eigenvalue weighted by Crippen LogP contribution is 2.17. The quantitative estimate of drug-likeness (QED) is 0.413. The molecule has 0 saturated carbocycles. The van der Waals surface area contributed by atoms with Crippen molar-refractivity contribution in [1.29, 1.82) is 0 Å². The first kappa shape index (κ1) is 20.6. The zero-order chi connectivity index (χ0) is 21.7. The molecule has 3 rings (SSSR count). The van der Waals surface area contributed by atoms with Crippen LogP contribution in [0.3, 0.4) is 0 Å². The van der Waals surface area contributed by atoms with Crippen LogP contribution in [0.5, 0.6) is 6.01 Å². The molecule has 0 radical (unpaired) electrons. The molecule has 0 spiro atoms. The van der Waals surface area contributed by atoms with Gasteiger partial charge < -0.3 is 4.74 Å². The van der Waals surface area contributed by atoms with Crippen LogP contribution in [-0.2, 0) is 10.0 Å². The molecule has 2 aromatic heterocycles. The van der Waals surface area contributed by atoms with Gasteiger partial charge in [-0.2, -0.15) is 25.0 Å². The number of aryl methyl sites for hydroxylation is 1. The number of urea groups is 1. The number of aromatic nitrogens is 6. The van der Waals surface area contributed by atoms with Crippen LogP contribution >= 0.6 is 0 Å². The molecule has 0 atom stereocenters. The number of hydrogen-bond donors (Lipinski definition) is 4. The summed E-state index contributed by atoms with van der Waals surface area (Å²) in [6.45, 7) is 1.54. The molecule has 15 heteroatoms. The first-order chi connectivity index (χ1) is 14.3. The van der Waals surface area contributed by atoms with E-state index in [9.17, 15) is 18.0 Å². The predicted molar refractivity (Wildman–Crippen MR) is 101 cm³/mol. The second kappa shape index (κ2) is 8.48. The molecule has 1 aromatic carbocycles. The lowest BCUT2D eigenvalue weighted by Crippen LogP contribution is -2.36. The van der Waals surface area contributed by atoms with Crippen LogP contribution < -0.4 is 20.1 Å². The van der Waals surface area contributed by atoms with Crippen LogP contribution in [0.25, 0.3) is 0 Å². The van der Waals surface area contributed by atoms with Gasteiger partial charge in [0.25, 0.3) is 15.9 Å². The number of rotatable bonds is 6. The lowest BCUT2D eigenvalue weighted by molar-refractivity contribution is 0.102. The molecule has 0 fully saturated rings. The van der Waals surface area contributed by atoms with Gasteiger partial charge in [-0.15, -0.1) is 0 Å². The lowest BCUT2D eigenvalue weighted by Gasteiger charge is -2.11. The van der Waals surface area contributed by atoms with Crippen molar-refractivity contribution < 1.29 is 22.7 Å². The number of amides is 3. The molecular weight excluding hydrogens is 418 g/mol. The Kier molecular flexibility index (Phi) is 5.82. The van der Waals surface area contributed by atoms with Gasteiger partial charge in [0.1, 0.15) is 17.0 Å². The molecule has 4 N–H and O–H groups in total. The van der Waals surface area contributed by atoms with Gasteiger partial charge in [-0.3, -0.25) is 15.4 Å². The Labute approximate surface area is 169 Å². The van der Waals surface area contributed by atoms with Gasteiger partial charge >= 0.3 is 12.0 Å². The number of methoxy groups -OCH3 is 1. The fraction of sp³-hybridized carbons (Fsp3) is 0.133. The highest BCUT2D eigenvalue weighted by Gasteiger charge is 2.25. The molecule has 0 unspecified atom stereocenters. The summed E-state index contributed by atoms with van der Waals surface area (Å²) in [6, 6.07) is 4.11. The molecule has 3 aromatic rings. The number of anilines is 2. The molecule has 0 aliphatic carbocycles. The van der Waals surface area contributed by atoms with Crippen molar-refractivity contribution in [2.75, 3.05) is 17.7 Å². The zero-order valence-corrected chi connectivity index (χ0v) is 16.4. The van der Waals surface area contributed by atoms with E-state index in [1.54, 1.807) is 4.72 Å². The van der Waals surface area contributed by atoms with Gasteiger partial charge in [0, 0.05) is 0 Å². The molecule has 0 aliphatic heterocycles. The van der Waals surface area contributed by atoms with E-state index in [1.807, 2.05) is 0 Å². The largest absolute Gasteiger partial charge is 0.467 e.